The molecule has 1 aromatic heterocycles. The Morgan fingerprint density at radius 3 is 2.23 bits per heavy atom. The van der Waals surface area contributed by atoms with Gasteiger partial charge in [-0.15, -0.1) is 0 Å². The summed E-state index contributed by atoms with van der Waals surface area (Å²) in [6.45, 7) is 0.549. The van der Waals surface area contributed by atoms with Gasteiger partial charge in [-0.2, -0.15) is 0 Å². The first-order valence-corrected chi connectivity index (χ1v) is 10.2. The molecule has 0 radical (unpaired) electrons. The summed E-state index contributed by atoms with van der Waals surface area (Å²) in [5.74, 6) is 1.24. The molecule has 156 valence electrons. The van der Waals surface area contributed by atoms with E-state index >= 15 is 0 Å². The summed E-state index contributed by atoms with van der Waals surface area (Å²) in [4.78, 5) is 17.6. The fourth-order valence-corrected chi connectivity index (χ4v) is 4.48. The second kappa shape index (κ2) is 8.02. The first-order chi connectivity index (χ1) is 14.3. The van der Waals surface area contributed by atoms with Crippen LogP contribution in [0.4, 0.5) is 5.69 Å². The van der Waals surface area contributed by atoms with E-state index in [-0.39, 0.29) is 5.69 Å². The minimum atomic E-state index is -0.187. The van der Waals surface area contributed by atoms with Crippen molar-refractivity contribution >= 4 is 40.5 Å². The number of ether oxygens (including phenoxy) is 2. The van der Waals surface area contributed by atoms with E-state index in [1.807, 2.05) is 18.2 Å². The number of nitrogens with zero attached hydrogens (tertiary/aromatic N) is 3. The second-order valence-electron chi connectivity index (χ2n) is 6.83. The molecule has 0 N–H and O–H groups in total. The summed E-state index contributed by atoms with van der Waals surface area (Å²) in [5.41, 5.74) is 3.27. The van der Waals surface area contributed by atoms with Gasteiger partial charge in [0.25, 0.3) is 0 Å². The van der Waals surface area contributed by atoms with Crippen LogP contribution in [0.1, 0.15) is 5.56 Å². The Kier molecular flexibility index (Phi) is 5.57. The minimum Gasteiger partial charge on any atom is -0.493 e. The van der Waals surface area contributed by atoms with E-state index < -0.39 is 0 Å². The lowest BCUT2D eigenvalue weighted by Crippen LogP contribution is -2.40. The lowest BCUT2D eigenvalue weighted by atomic mass is 9.97. The van der Waals surface area contributed by atoms with Gasteiger partial charge in [0.2, 0.25) is 0 Å². The van der Waals surface area contributed by atoms with Gasteiger partial charge in [-0.25, -0.2) is 9.79 Å². The van der Waals surface area contributed by atoms with Crippen LogP contribution in [0.5, 0.6) is 11.5 Å². The molecule has 0 amide bonds. The molecule has 6 nitrogen and oxygen atoms in total. The Morgan fingerprint density at radius 2 is 1.60 bits per heavy atom. The summed E-state index contributed by atoms with van der Waals surface area (Å²) in [5, 5.41) is 1.02. The first kappa shape index (κ1) is 20.8. The molecular formula is C21H18Cl3N3O3. The van der Waals surface area contributed by atoms with Gasteiger partial charge < -0.3 is 9.47 Å². The zero-order valence-corrected chi connectivity index (χ0v) is 18.8. The molecule has 9 heteroatoms. The van der Waals surface area contributed by atoms with E-state index in [1.54, 1.807) is 38.0 Å². The summed E-state index contributed by atoms with van der Waals surface area (Å²) in [6.07, 6.45) is 0.702. The third kappa shape index (κ3) is 3.49. The molecule has 4 rings (SSSR count). The molecule has 3 aromatic rings. The van der Waals surface area contributed by atoms with Crippen LogP contribution >= 0.6 is 34.8 Å². The van der Waals surface area contributed by atoms with Crippen LogP contribution in [-0.2, 0) is 20.0 Å². The van der Waals surface area contributed by atoms with Crippen molar-refractivity contribution in [3.63, 3.8) is 0 Å². The summed E-state index contributed by atoms with van der Waals surface area (Å²) in [7, 11) is 4.84. The number of rotatable bonds is 3. The molecule has 2 heterocycles. The molecule has 0 unspecified atom stereocenters. The molecule has 0 bridgehead atoms. The van der Waals surface area contributed by atoms with Crippen LogP contribution < -0.4 is 20.7 Å². The number of hydrogen-bond acceptors (Lipinski definition) is 4. The number of benzene rings is 2. The Morgan fingerprint density at radius 1 is 0.967 bits per heavy atom. The average Bonchev–Trinajstić information content (AvgIpc) is 2.72. The Balaban J connectivity index is 2.00. The maximum absolute atomic E-state index is 13.1. The summed E-state index contributed by atoms with van der Waals surface area (Å²) in [6, 6.07) is 8.78. The highest BCUT2D eigenvalue weighted by Gasteiger charge is 2.21. The highest BCUT2D eigenvalue weighted by Crippen LogP contribution is 2.38. The Hall–Kier alpha value is -2.41. The number of hydrogen-bond donors (Lipinski definition) is 0. The minimum absolute atomic E-state index is 0.187. The molecule has 0 atom stereocenters. The van der Waals surface area contributed by atoms with Gasteiger partial charge in [-0.3, -0.25) is 9.13 Å². The number of aromatic nitrogens is 2. The molecule has 0 aliphatic carbocycles. The van der Waals surface area contributed by atoms with Gasteiger partial charge in [0, 0.05) is 30.2 Å². The smallest absolute Gasteiger partial charge is 0.329 e. The Bertz CT molecular complexity index is 1270. The van der Waals surface area contributed by atoms with Crippen molar-refractivity contribution in [3.05, 3.63) is 66.9 Å². The van der Waals surface area contributed by atoms with Crippen LogP contribution in [0, 0.1) is 0 Å². The zero-order valence-electron chi connectivity index (χ0n) is 16.5. The number of halogens is 3. The molecule has 0 saturated carbocycles. The molecule has 0 fully saturated rings. The van der Waals surface area contributed by atoms with E-state index in [2.05, 4.69) is 4.99 Å². The molecule has 0 spiro atoms. The summed E-state index contributed by atoms with van der Waals surface area (Å²) < 4.78 is 14.1. The molecular weight excluding hydrogens is 449 g/mol. The fourth-order valence-electron chi connectivity index (χ4n) is 3.58. The van der Waals surface area contributed by atoms with E-state index in [1.165, 1.54) is 4.57 Å². The highest BCUT2D eigenvalue weighted by atomic mass is 35.5. The third-order valence-corrected chi connectivity index (χ3v) is 5.91. The van der Waals surface area contributed by atoms with Crippen LogP contribution in [0.15, 0.2) is 40.1 Å². The van der Waals surface area contributed by atoms with Crippen molar-refractivity contribution in [2.24, 2.45) is 12.0 Å². The van der Waals surface area contributed by atoms with E-state index in [9.17, 15) is 4.79 Å². The first-order valence-electron chi connectivity index (χ1n) is 9.09. The van der Waals surface area contributed by atoms with E-state index in [0.717, 1.165) is 16.8 Å². The molecule has 1 aliphatic rings. The molecule has 30 heavy (non-hydrogen) atoms. The lowest BCUT2D eigenvalue weighted by Gasteiger charge is -2.24. The average molecular weight is 467 g/mol. The van der Waals surface area contributed by atoms with Crippen LogP contribution in [-0.4, -0.2) is 23.4 Å². The molecule has 2 aromatic carbocycles. The van der Waals surface area contributed by atoms with E-state index in [0.29, 0.717) is 50.7 Å². The van der Waals surface area contributed by atoms with Gasteiger partial charge in [-0.05, 0) is 36.2 Å². The largest absolute Gasteiger partial charge is 0.493 e. The van der Waals surface area contributed by atoms with Gasteiger partial charge in [-0.1, -0.05) is 34.8 Å². The maximum atomic E-state index is 13.1. The maximum Gasteiger partial charge on any atom is 0.329 e. The van der Waals surface area contributed by atoms with Crippen molar-refractivity contribution in [3.8, 4) is 22.8 Å². The Labute approximate surface area is 187 Å². The number of aryl methyl sites for hydroxylation is 1. The zero-order chi connectivity index (χ0) is 21.6. The van der Waals surface area contributed by atoms with Crippen LogP contribution in [0.3, 0.4) is 0 Å². The van der Waals surface area contributed by atoms with E-state index in [4.69, 9.17) is 44.3 Å². The van der Waals surface area contributed by atoms with Crippen LogP contribution in [0.2, 0.25) is 15.1 Å². The van der Waals surface area contributed by atoms with Crippen molar-refractivity contribution in [2.45, 2.75) is 13.0 Å². The topological polar surface area (TPSA) is 57.8 Å². The third-order valence-electron chi connectivity index (χ3n) is 5.12. The van der Waals surface area contributed by atoms with Gasteiger partial charge >= 0.3 is 5.69 Å². The summed E-state index contributed by atoms with van der Waals surface area (Å²) >= 11 is 18.6. The quantitative estimate of drug-likeness (QED) is 0.566. The number of fused-ring (bicyclic) bond motifs is 3. The van der Waals surface area contributed by atoms with Gasteiger partial charge in [0.15, 0.2) is 11.5 Å². The van der Waals surface area contributed by atoms with Crippen molar-refractivity contribution in [1.29, 1.82) is 0 Å². The predicted octanol–water partition coefficient (Wildman–Crippen LogP) is 4.62. The van der Waals surface area contributed by atoms with Crippen LogP contribution in [0.25, 0.3) is 11.3 Å². The fraction of sp³-hybridized carbons (Fsp3) is 0.238. The number of methoxy groups -OCH3 is 2. The predicted molar refractivity (Wildman–Crippen MR) is 119 cm³/mol. The van der Waals surface area contributed by atoms with Gasteiger partial charge in [0.05, 0.1) is 30.0 Å². The molecule has 1 aliphatic heterocycles. The standard InChI is InChI=1S/C21H18Cl3N3O3/c1-26-19(25-20-14(23)7-12(22)8-15(20)24)10-16-13-9-18(30-3)17(29-2)6-11(13)4-5-27(16)21(26)28/h6-10H,4-5H2,1-3H3. The lowest BCUT2D eigenvalue weighted by molar-refractivity contribution is 0.354. The van der Waals surface area contributed by atoms with Crippen molar-refractivity contribution in [2.75, 3.05) is 14.2 Å². The monoisotopic (exact) mass is 465 g/mol. The highest BCUT2D eigenvalue weighted by molar-refractivity contribution is 6.41. The van der Waals surface area contributed by atoms with Crippen molar-refractivity contribution < 1.29 is 9.47 Å². The van der Waals surface area contributed by atoms with Gasteiger partial charge in [0.1, 0.15) is 11.2 Å². The normalized spacial score (nSPS) is 13.1. The SMILES string of the molecule is COc1cc2c(cc1OC)-c1cc(=Nc3c(Cl)cc(Cl)cc3Cl)n(C)c(=O)n1CC2. The second-order valence-corrected chi connectivity index (χ2v) is 8.08. The molecule has 0 saturated heterocycles. The van der Waals surface area contributed by atoms with Crippen molar-refractivity contribution in [1.82, 2.24) is 9.13 Å².